The molecule has 1 aliphatic carbocycles. The van der Waals surface area contributed by atoms with E-state index in [4.69, 9.17) is 11.6 Å². The molecule has 0 spiro atoms. The van der Waals surface area contributed by atoms with Crippen LogP contribution in [0.1, 0.15) is 37.7 Å². The van der Waals surface area contributed by atoms with E-state index in [1.165, 1.54) is 32.1 Å². The largest absolute Gasteiger partial charge is 0.390 e. The van der Waals surface area contributed by atoms with Gasteiger partial charge in [0.15, 0.2) is 0 Å². The van der Waals surface area contributed by atoms with Crippen LogP contribution in [0.15, 0.2) is 30.3 Å². The summed E-state index contributed by atoms with van der Waals surface area (Å²) in [5, 5.41) is 12.0. The Kier molecular flexibility index (Phi) is 6.64. The monoisotopic (exact) mass is 291 g/mol. The molecule has 2 atom stereocenters. The SMILES string of the molecule is N[C@H](Cc1ccccc1)[C@H](O)CN(N)CC1CCCCC1. The normalized spacial score (nSPS) is 19.6. The average molecular weight is 291 g/mol. The van der Waals surface area contributed by atoms with Crippen LogP contribution in [0.5, 0.6) is 0 Å². The lowest BCUT2D eigenvalue weighted by Crippen LogP contribution is -2.48. The fourth-order valence-electron chi connectivity index (χ4n) is 3.17. The van der Waals surface area contributed by atoms with Crippen molar-refractivity contribution in [1.29, 1.82) is 0 Å². The second-order valence-electron chi connectivity index (χ2n) is 6.38. The number of hydrogen-bond acceptors (Lipinski definition) is 4. The fraction of sp³-hybridized carbons (Fsp3) is 0.647. The van der Waals surface area contributed by atoms with Crippen LogP contribution in [0, 0.1) is 5.92 Å². The average Bonchev–Trinajstić information content (AvgIpc) is 2.49. The molecule has 0 heterocycles. The molecule has 5 N–H and O–H groups in total. The van der Waals surface area contributed by atoms with Gasteiger partial charge in [0.25, 0.3) is 0 Å². The smallest absolute Gasteiger partial charge is 0.0834 e. The minimum absolute atomic E-state index is 0.273. The van der Waals surface area contributed by atoms with Gasteiger partial charge < -0.3 is 10.8 Å². The van der Waals surface area contributed by atoms with Crippen LogP contribution in [-0.2, 0) is 6.42 Å². The molecule has 1 aromatic carbocycles. The Morgan fingerprint density at radius 3 is 2.48 bits per heavy atom. The zero-order chi connectivity index (χ0) is 15.1. The molecule has 1 aliphatic rings. The Bertz CT molecular complexity index is 392. The summed E-state index contributed by atoms with van der Waals surface area (Å²) >= 11 is 0. The van der Waals surface area contributed by atoms with E-state index in [0.717, 1.165) is 12.1 Å². The van der Waals surface area contributed by atoms with Crippen molar-refractivity contribution in [3.05, 3.63) is 35.9 Å². The highest BCUT2D eigenvalue weighted by Crippen LogP contribution is 2.23. The number of benzene rings is 1. The molecule has 118 valence electrons. The quantitative estimate of drug-likeness (QED) is 0.528. The van der Waals surface area contributed by atoms with Gasteiger partial charge in [0.05, 0.1) is 6.10 Å². The van der Waals surface area contributed by atoms with E-state index < -0.39 is 6.10 Å². The second-order valence-corrected chi connectivity index (χ2v) is 6.38. The van der Waals surface area contributed by atoms with Gasteiger partial charge in [-0.2, -0.15) is 0 Å². The van der Waals surface area contributed by atoms with Crippen molar-refractivity contribution in [2.45, 2.75) is 50.7 Å². The van der Waals surface area contributed by atoms with E-state index in [0.29, 0.717) is 18.9 Å². The molecule has 4 nitrogen and oxygen atoms in total. The first-order chi connectivity index (χ1) is 10.1. The van der Waals surface area contributed by atoms with Crippen molar-refractivity contribution in [2.24, 2.45) is 17.5 Å². The Labute approximate surface area is 128 Å². The Hall–Kier alpha value is -0.940. The highest BCUT2D eigenvalue weighted by molar-refractivity contribution is 5.16. The molecule has 0 unspecified atom stereocenters. The summed E-state index contributed by atoms with van der Waals surface area (Å²) in [5.41, 5.74) is 7.25. The lowest BCUT2D eigenvalue weighted by Gasteiger charge is -2.29. The molecule has 0 aromatic heterocycles. The van der Waals surface area contributed by atoms with Crippen molar-refractivity contribution in [2.75, 3.05) is 13.1 Å². The Morgan fingerprint density at radius 1 is 1.14 bits per heavy atom. The summed E-state index contributed by atoms with van der Waals surface area (Å²) in [6.45, 7) is 1.32. The summed E-state index contributed by atoms with van der Waals surface area (Å²) in [7, 11) is 0. The maximum absolute atomic E-state index is 10.2. The summed E-state index contributed by atoms with van der Waals surface area (Å²) in [5.74, 6) is 6.74. The summed E-state index contributed by atoms with van der Waals surface area (Å²) in [4.78, 5) is 0. The minimum atomic E-state index is -0.584. The van der Waals surface area contributed by atoms with Crippen LogP contribution in [-0.4, -0.2) is 35.4 Å². The van der Waals surface area contributed by atoms with E-state index >= 15 is 0 Å². The van der Waals surface area contributed by atoms with Gasteiger partial charge in [-0.3, -0.25) is 5.84 Å². The standard InChI is InChI=1S/C17H29N3O/c18-16(11-14-7-3-1-4-8-14)17(21)13-20(19)12-15-9-5-2-6-10-15/h1,3-4,7-8,15-17,21H,2,5-6,9-13,18-19H2/t16-,17-/m1/s1. The van der Waals surface area contributed by atoms with Crippen molar-refractivity contribution < 1.29 is 5.11 Å². The third-order valence-corrected chi connectivity index (χ3v) is 4.45. The van der Waals surface area contributed by atoms with Crippen LogP contribution in [0.2, 0.25) is 0 Å². The summed E-state index contributed by atoms with van der Waals surface area (Å²) < 4.78 is 0. The molecule has 1 fully saturated rings. The molecule has 21 heavy (non-hydrogen) atoms. The first-order valence-corrected chi connectivity index (χ1v) is 8.12. The van der Waals surface area contributed by atoms with Crippen LogP contribution >= 0.6 is 0 Å². The Morgan fingerprint density at radius 2 is 1.81 bits per heavy atom. The molecule has 0 aliphatic heterocycles. The van der Waals surface area contributed by atoms with Gasteiger partial charge in [0, 0.05) is 19.1 Å². The fourth-order valence-corrected chi connectivity index (χ4v) is 3.17. The lowest BCUT2D eigenvalue weighted by atomic mass is 9.89. The van der Waals surface area contributed by atoms with E-state index in [1.54, 1.807) is 5.01 Å². The maximum Gasteiger partial charge on any atom is 0.0834 e. The number of nitrogens with two attached hydrogens (primary N) is 2. The highest BCUT2D eigenvalue weighted by atomic mass is 16.3. The maximum atomic E-state index is 10.2. The zero-order valence-electron chi connectivity index (χ0n) is 12.8. The van der Waals surface area contributed by atoms with Gasteiger partial charge in [-0.25, -0.2) is 5.01 Å². The summed E-state index contributed by atoms with van der Waals surface area (Å²) in [6, 6.07) is 9.77. The molecule has 0 radical (unpaired) electrons. The molecule has 4 heteroatoms. The van der Waals surface area contributed by atoms with Crippen LogP contribution in [0.4, 0.5) is 0 Å². The molecular weight excluding hydrogens is 262 g/mol. The second kappa shape index (κ2) is 8.49. The van der Waals surface area contributed by atoms with Gasteiger partial charge in [-0.1, -0.05) is 49.6 Å². The number of hydrazine groups is 1. The minimum Gasteiger partial charge on any atom is -0.390 e. The van der Waals surface area contributed by atoms with Gasteiger partial charge in [0.1, 0.15) is 0 Å². The predicted octanol–water partition coefficient (Wildman–Crippen LogP) is 1.67. The molecule has 0 amide bonds. The predicted molar refractivity (Wildman–Crippen MR) is 86.5 cm³/mol. The summed E-state index contributed by atoms with van der Waals surface area (Å²) in [6.07, 6.45) is 6.60. The van der Waals surface area contributed by atoms with E-state index in [9.17, 15) is 5.11 Å². The molecule has 2 rings (SSSR count). The first kappa shape index (κ1) is 16.4. The van der Waals surface area contributed by atoms with Gasteiger partial charge in [-0.15, -0.1) is 0 Å². The van der Waals surface area contributed by atoms with Crippen molar-refractivity contribution in [3.63, 3.8) is 0 Å². The van der Waals surface area contributed by atoms with Crippen molar-refractivity contribution in [3.8, 4) is 0 Å². The number of nitrogens with zero attached hydrogens (tertiary/aromatic N) is 1. The van der Waals surface area contributed by atoms with Gasteiger partial charge >= 0.3 is 0 Å². The molecular formula is C17H29N3O. The van der Waals surface area contributed by atoms with Gasteiger partial charge in [-0.05, 0) is 30.7 Å². The van der Waals surface area contributed by atoms with E-state index in [1.807, 2.05) is 30.3 Å². The topological polar surface area (TPSA) is 75.5 Å². The third kappa shape index (κ3) is 5.75. The van der Waals surface area contributed by atoms with Crippen molar-refractivity contribution in [1.82, 2.24) is 5.01 Å². The Balaban J connectivity index is 1.73. The number of hydrogen-bond donors (Lipinski definition) is 3. The third-order valence-electron chi connectivity index (χ3n) is 4.45. The van der Waals surface area contributed by atoms with Crippen LogP contribution in [0.25, 0.3) is 0 Å². The van der Waals surface area contributed by atoms with Crippen LogP contribution < -0.4 is 11.6 Å². The molecule has 1 saturated carbocycles. The number of aliphatic hydroxyl groups excluding tert-OH is 1. The van der Waals surface area contributed by atoms with E-state index in [2.05, 4.69) is 0 Å². The van der Waals surface area contributed by atoms with Gasteiger partial charge in [0.2, 0.25) is 0 Å². The lowest BCUT2D eigenvalue weighted by molar-refractivity contribution is 0.0792. The molecule has 0 bridgehead atoms. The highest BCUT2D eigenvalue weighted by Gasteiger charge is 2.20. The van der Waals surface area contributed by atoms with Crippen LogP contribution in [0.3, 0.4) is 0 Å². The molecule has 1 aromatic rings. The first-order valence-electron chi connectivity index (χ1n) is 8.12. The van der Waals surface area contributed by atoms with Crippen molar-refractivity contribution >= 4 is 0 Å². The number of aliphatic hydroxyl groups is 1. The van der Waals surface area contributed by atoms with E-state index in [-0.39, 0.29) is 6.04 Å². The molecule has 0 saturated heterocycles. The zero-order valence-corrected chi connectivity index (χ0v) is 12.8. The number of rotatable bonds is 7.